The Hall–Kier alpha value is -2.72. The summed E-state index contributed by atoms with van der Waals surface area (Å²) in [5, 5.41) is 5.89. The zero-order valence-electron chi connectivity index (χ0n) is 20.3. The fourth-order valence-electron chi connectivity index (χ4n) is 5.22. The molecule has 2 aliphatic heterocycles. The summed E-state index contributed by atoms with van der Waals surface area (Å²) in [5.74, 6) is 0.929. The number of aromatic nitrogens is 5. The number of pyridine rings is 1. The van der Waals surface area contributed by atoms with E-state index in [1.807, 2.05) is 49.6 Å². The summed E-state index contributed by atoms with van der Waals surface area (Å²) in [4.78, 5) is 17.4. The van der Waals surface area contributed by atoms with Crippen molar-refractivity contribution in [3.05, 3.63) is 53.8 Å². The average Bonchev–Trinajstić information content (AvgIpc) is 3.44. The van der Waals surface area contributed by atoms with Gasteiger partial charge in [0.25, 0.3) is 0 Å². The molecule has 5 heterocycles. The van der Waals surface area contributed by atoms with Gasteiger partial charge in [-0.2, -0.15) is 5.10 Å². The van der Waals surface area contributed by atoms with Gasteiger partial charge in [-0.1, -0.05) is 35.5 Å². The van der Waals surface area contributed by atoms with Crippen LogP contribution in [0.1, 0.15) is 19.8 Å². The Bertz CT molecular complexity index is 1420. The first-order valence-electron chi connectivity index (χ1n) is 12.1. The molecule has 36 heavy (non-hydrogen) atoms. The van der Waals surface area contributed by atoms with Crippen molar-refractivity contribution in [1.29, 1.82) is 0 Å². The lowest BCUT2D eigenvalue weighted by Crippen LogP contribution is -2.50. The Balaban J connectivity index is 1.19. The van der Waals surface area contributed by atoms with E-state index in [0.717, 1.165) is 65.1 Å². The number of nitrogens with two attached hydrogens (primary N) is 1. The standard InChI is InChI=1S/C26H28ClN7OS/c1-16-24(28)26(15-35-16)9-12-34(13-10-26)21-7-6-19-25(31-21)29-14-22(30-19)36-20-5-3-4-17(23(20)27)18-8-11-33(2)32-18/h3-8,11,14,16,24H,9-10,12-13,15,28H2,1-2H3/t16-,24+/m0/s1. The third kappa shape index (κ3) is 4.24. The molecule has 1 aromatic carbocycles. The molecule has 186 valence electrons. The second-order valence-corrected chi connectivity index (χ2v) is 11.1. The van der Waals surface area contributed by atoms with E-state index in [1.54, 1.807) is 10.9 Å². The van der Waals surface area contributed by atoms with Crippen LogP contribution in [0.5, 0.6) is 0 Å². The van der Waals surface area contributed by atoms with Gasteiger partial charge >= 0.3 is 0 Å². The van der Waals surface area contributed by atoms with E-state index in [9.17, 15) is 0 Å². The summed E-state index contributed by atoms with van der Waals surface area (Å²) in [5.41, 5.74) is 9.69. The first-order chi connectivity index (χ1) is 17.4. The van der Waals surface area contributed by atoms with Gasteiger partial charge in [0, 0.05) is 48.2 Å². The maximum Gasteiger partial charge on any atom is 0.180 e. The van der Waals surface area contributed by atoms with E-state index in [0.29, 0.717) is 10.7 Å². The predicted molar refractivity (Wildman–Crippen MR) is 142 cm³/mol. The molecule has 0 aliphatic carbocycles. The fourth-order valence-corrected chi connectivity index (χ4v) is 6.37. The molecule has 1 spiro atoms. The molecular formula is C26H28ClN7OS. The predicted octanol–water partition coefficient (Wildman–Crippen LogP) is 4.56. The van der Waals surface area contributed by atoms with Crippen LogP contribution in [0.25, 0.3) is 22.4 Å². The van der Waals surface area contributed by atoms with Crippen LogP contribution in [0.15, 0.2) is 58.7 Å². The molecule has 0 saturated carbocycles. The second-order valence-electron chi connectivity index (χ2n) is 9.71. The highest BCUT2D eigenvalue weighted by molar-refractivity contribution is 7.99. The van der Waals surface area contributed by atoms with Crippen molar-refractivity contribution >= 4 is 40.3 Å². The molecule has 4 aromatic rings. The lowest BCUT2D eigenvalue weighted by atomic mass is 9.73. The van der Waals surface area contributed by atoms with Gasteiger partial charge in [0.2, 0.25) is 0 Å². The number of halogens is 1. The van der Waals surface area contributed by atoms with Crippen LogP contribution in [-0.4, -0.2) is 56.6 Å². The first-order valence-corrected chi connectivity index (χ1v) is 13.3. The smallest absolute Gasteiger partial charge is 0.180 e. The van der Waals surface area contributed by atoms with Gasteiger partial charge in [0.1, 0.15) is 16.4 Å². The van der Waals surface area contributed by atoms with Gasteiger partial charge in [-0.05, 0) is 44.0 Å². The molecule has 0 unspecified atom stereocenters. The van der Waals surface area contributed by atoms with Crippen LogP contribution >= 0.6 is 23.4 Å². The van der Waals surface area contributed by atoms with E-state index in [1.165, 1.54) is 11.8 Å². The van der Waals surface area contributed by atoms with Crippen molar-refractivity contribution in [2.45, 2.75) is 41.8 Å². The van der Waals surface area contributed by atoms with E-state index >= 15 is 0 Å². The third-order valence-corrected chi connectivity index (χ3v) is 8.95. The summed E-state index contributed by atoms with van der Waals surface area (Å²) in [6.45, 7) is 4.66. The molecule has 8 nitrogen and oxygen atoms in total. The molecular weight excluding hydrogens is 494 g/mol. The highest BCUT2D eigenvalue weighted by Crippen LogP contribution is 2.42. The SMILES string of the molecule is C[C@@H]1OCC2(CCN(c3ccc4nc(Sc5cccc(-c6ccn(C)n6)c5Cl)cnc4n3)CC2)[C@@H]1N. The van der Waals surface area contributed by atoms with Gasteiger partial charge in [-0.3, -0.25) is 4.68 Å². The van der Waals surface area contributed by atoms with Crippen LogP contribution < -0.4 is 10.6 Å². The van der Waals surface area contributed by atoms with Crippen molar-refractivity contribution in [3.8, 4) is 11.3 Å². The number of hydrogen-bond acceptors (Lipinski definition) is 8. The number of fused-ring (bicyclic) bond motifs is 1. The summed E-state index contributed by atoms with van der Waals surface area (Å²) in [6, 6.07) is 12.0. The van der Waals surface area contributed by atoms with Gasteiger partial charge < -0.3 is 15.4 Å². The van der Waals surface area contributed by atoms with Crippen molar-refractivity contribution in [2.75, 3.05) is 24.6 Å². The minimum atomic E-state index is 0.0911. The quantitative estimate of drug-likeness (QED) is 0.417. The molecule has 2 aliphatic rings. The van der Waals surface area contributed by atoms with E-state index in [-0.39, 0.29) is 17.6 Å². The number of anilines is 1. The van der Waals surface area contributed by atoms with Crippen molar-refractivity contribution in [1.82, 2.24) is 24.7 Å². The Labute approximate surface area is 219 Å². The zero-order valence-corrected chi connectivity index (χ0v) is 21.8. The third-order valence-electron chi connectivity index (χ3n) is 7.46. The van der Waals surface area contributed by atoms with Crippen molar-refractivity contribution in [2.24, 2.45) is 18.2 Å². The number of benzene rings is 1. The van der Waals surface area contributed by atoms with Crippen LogP contribution in [-0.2, 0) is 11.8 Å². The number of hydrogen-bond donors (Lipinski definition) is 1. The molecule has 0 radical (unpaired) electrons. The van der Waals surface area contributed by atoms with Crippen LogP contribution in [0.4, 0.5) is 5.82 Å². The number of ether oxygens (including phenoxy) is 1. The number of aryl methyl sites for hydroxylation is 1. The van der Waals surface area contributed by atoms with Crippen LogP contribution in [0, 0.1) is 5.41 Å². The molecule has 2 fully saturated rings. The molecule has 10 heteroatoms. The number of nitrogens with zero attached hydrogens (tertiary/aromatic N) is 6. The lowest BCUT2D eigenvalue weighted by Gasteiger charge is -2.41. The Kier molecular flexibility index (Phi) is 6.11. The topological polar surface area (TPSA) is 95.0 Å². The summed E-state index contributed by atoms with van der Waals surface area (Å²) in [6.07, 6.45) is 5.82. The average molecular weight is 522 g/mol. The van der Waals surface area contributed by atoms with E-state index in [4.69, 9.17) is 32.0 Å². The first kappa shape index (κ1) is 23.7. The van der Waals surface area contributed by atoms with E-state index in [2.05, 4.69) is 21.9 Å². The fraction of sp³-hybridized carbons (Fsp3) is 0.385. The number of rotatable bonds is 4. The largest absolute Gasteiger partial charge is 0.376 e. The van der Waals surface area contributed by atoms with Gasteiger partial charge in [0.05, 0.1) is 29.6 Å². The van der Waals surface area contributed by atoms with Gasteiger partial charge in [-0.15, -0.1) is 0 Å². The Morgan fingerprint density at radius 2 is 1.97 bits per heavy atom. The number of piperidine rings is 1. The lowest BCUT2D eigenvalue weighted by molar-refractivity contribution is 0.0974. The molecule has 2 saturated heterocycles. The molecule has 2 N–H and O–H groups in total. The van der Waals surface area contributed by atoms with Crippen LogP contribution in [0.2, 0.25) is 5.02 Å². The molecule has 0 amide bonds. The Morgan fingerprint density at radius 1 is 1.14 bits per heavy atom. The monoisotopic (exact) mass is 521 g/mol. The molecule has 2 atom stereocenters. The van der Waals surface area contributed by atoms with Gasteiger partial charge in [-0.25, -0.2) is 15.0 Å². The molecule has 3 aromatic heterocycles. The zero-order chi connectivity index (χ0) is 24.9. The highest BCUT2D eigenvalue weighted by Gasteiger charge is 2.47. The molecule has 0 bridgehead atoms. The summed E-state index contributed by atoms with van der Waals surface area (Å²) in [7, 11) is 1.89. The Morgan fingerprint density at radius 3 is 2.69 bits per heavy atom. The maximum absolute atomic E-state index is 6.74. The molecule has 6 rings (SSSR count). The highest BCUT2D eigenvalue weighted by atomic mass is 35.5. The van der Waals surface area contributed by atoms with Crippen LogP contribution in [0.3, 0.4) is 0 Å². The normalized spacial score (nSPS) is 21.5. The van der Waals surface area contributed by atoms with E-state index < -0.39 is 0 Å². The van der Waals surface area contributed by atoms with Crippen molar-refractivity contribution < 1.29 is 4.74 Å². The minimum absolute atomic E-state index is 0.0911. The minimum Gasteiger partial charge on any atom is -0.376 e. The second kappa shape index (κ2) is 9.30. The summed E-state index contributed by atoms with van der Waals surface area (Å²) < 4.78 is 7.62. The summed E-state index contributed by atoms with van der Waals surface area (Å²) >= 11 is 8.22. The van der Waals surface area contributed by atoms with Crippen molar-refractivity contribution in [3.63, 3.8) is 0 Å². The maximum atomic E-state index is 6.74. The van der Waals surface area contributed by atoms with Gasteiger partial charge in [0.15, 0.2) is 5.65 Å².